The summed E-state index contributed by atoms with van der Waals surface area (Å²) in [6.45, 7) is 10.6. The molecule has 1 N–H and O–H groups in total. The fourth-order valence-corrected chi connectivity index (χ4v) is 3.78. The molecule has 0 amide bonds. The second-order valence-corrected chi connectivity index (χ2v) is 8.31. The minimum atomic E-state index is -3.48. The zero-order chi connectivity index (χ0) is 16.4. The van der Waals surface area contributed by atoms with E-state index in [9.17, 15) is 8.42 Å². The lowest BCUT2D eigenvalue weighted by Gasteiger charge is -2.33. The lowest BCUT2D eigenvalue weighted by molar-refractivity contribution is 0.257. The van der Waals surface area contributed by atoms with Gasteiger partial charge in [-0.05, 0) is 47.2 Å². The van der Waals surface area contributed by atoms with Crippen molar-refractivity contribution in [2.24, 2.45) is 0 Å². The molecule has 0 aliphatic rings. The summed E-state index contributed by atoms with van der Waals surface area (Å²) in [5.41, 5.74) is 0.579. The standard InChI is InChI=1S/C15H29N3O2S/c1-8-15(4,5)17(7)21(19,20)14-9-13(10-16-6)18(11-14)12(2)3/h9,11-12,16H,8,10H2,1-7H3. The van der Waals surface area contributed by atoms with Crippen LogP contribution >= 0.6 is 0 Å². The number of aromatic nitrogens is 1. The molecule has 0 aliphatic carbocycles. The second-order valence-electron chi connectivity index (χ2n) is 6.34. The van der Waals surface area contributed by atoms with Crippen molar-refractivity contribution in [2.75, 3.05) is 14.1 Å². The Bertz CT molecular complexity index is 574. The summed E-state index contributed by atoms with van der Waals surface area (Å²) in [7, 11) is 0.0378. The summed E-state index contributed by atoms with van der Waals surface area (Å²) in [4.78, 5) is 0.366. The summed E-state index contributed by atoms with van der Waals surface area (Å²) in [5.74, 6) is 0. The molecule has 0 spiro atoms. The van der Waals surface area contributed by atoms with Crippen molar-refractivity contribution in [1.29, 1.82) is 0 Å². The largest absolute Gasteiger partial charge is 0.346 e. The molecule has 1 heterocycles. The van der Waals surface area contributed by atoms with E-state index in [1.54, 1.807) is 19.3 Å². The first kappa shape index (κ1) is 18.2. The third-order valence-electron chi connectivity index (χ3n) is 4.20. The smallest absolute Gasteiger partial charge is 0.244 e. The van der Waals surface area contributed by atoms with Gasteiger partial charge in [0.05, 0.1) is 0 Å². The van der Waals surface area contributed by atoms with E-state index in [1.807, 2.05) is 32.4 Å². The van der Waals surface area contributed by atoms with E-state index < -0.39 is 15.6 Å². The number of nitrogens with one attached hydrogen (secondary N) is 1. The van der Waals surface area contributed by atoms with Gasteiger partial charge in [-0.2, -0.15) is 4.31 Å². The van der Waals surface area contributed by atoms with Crippen molar-refractivity contribution in [2.45, 2.75) is 64.1 Å². The van der Waals surface area contributed by atoms with Crippen LogP contribution in [0.1, 0.15) is 52.8 Å². The van der Waals surface area contributed by atoms with Gasteiger partial charge in [0.2, 0.25) is 10.0 Å². The van der Waals surface area contributed by atoms with Gasteiger partial charge in [0.1, 0.15) is 4.90 Å². The van der Waals surface area contributed by atoms with E-state index in [2.05, 4.69) is 19.2 Å². The van der Waals surface area contributed by atoms with Crippen LogP contribution in [0, 0.1) is 0 Å². The molecule has 0 atom stereocenters. The SMILES string of the molecule is CCC(C)(C)N(C)S(=O)(=O)c1cc(CNC)n(C(C)C)c1. The molecule has 0 radical (unpaired) electrons. The van der Waals surface area contributed by atoms with Crippen LogP contribution < -0.4 is 5.32 Å². The highest BCUT2D eigenvalue weighted by molar-refractivity contribution is 7.89. The maximum absolute atomic E-state index is 12.8. The van der Waals surface area contributed by atoms with Crippen molar-refractivity contribution in [3.63, 3.8) is 0 Å². The minimum Gasteiger partial charge on any atom is -0.346 e. The quantitative estimate of drug-likeness (QED) is 0.841. The van der Waals surface area contributed by atoms with Crippen molar-refractivity contribution < 1.29 is 8.42 Å². The number of hydrogen-bond acceptors (Lipinski definition) is 3. The average Bonchev–Trinajstić information content (AvgIpc) is 2.83. The van der Waals surface area contributed by atoms with Gasteiger partial charge < -0.3 is 9.88 Å². The molecular formula is C15H29N3O2S. The van der Waals surface area contributed by atoms with E-state index in [0.29, 0.717) is 11.4 Å². The molecule has 0 bridgehead atoms. The fraction of sp³-hybridized carbons (Fsp3) is 0.733. The van der Waals surface area contributed by atoms with Crippen LogP contribution in [0.5, 0.6) is 0 Å². The summed E-state index contributed by atoms with van der Waals surface area (Å²) in [5, 5.41) is 3.09. The van der Waals surface area contributed by atoms with Gasteiger partial charge >= 0.3 is 0 Å². The van der Waals surface area contributed by atoms with Crippen LogP contribution in [-0.4, -0.2) is 36.9 Å². The molecule has 0 saturated carbocycles. The molecule has 0 unspecified atom stereocenters. The van der Waals surface area contributed by atoms with Crippen LogP contribution in [0.15, 0.2) is 17.2 Å². The summed E-state index contributed by atoms with van der Waals surface area (Å²) in [6, 6.07) is 2.00. The highest BCUT2D eigenvalue weighted by atomic mass is 32.2. The molecule has 0 fully saturated rings. The predicted octanol–water partition coefficient (Wildman–Crippen LogP) is 2.60. The Morgan fingerprint density at radius 3 is 2.38 bits per heavy atom. The zero-order valence-corrected chi connectivity index (χ0v) is 15.1. The normalized spacial score (nSPS) is 13.4. The van der Waals surface area contributed by atoms with Crippen molar-refractivity contribution in [1.82, 2.24) is 14.2 Å². The third-order valence-corrected chi connectivity index (χ3v) is 6.23. The molecule has 5 nitrogen and oxygen atoms in total. The maximum Gasteiger partial charge on any atom is 0.244 e. The van der Waals surface area contributed by atoms with Gasteiger partial charge in [-0.25, -0.2) is 8.42 Å². The third kappa shape index (κ3) is 3.67. The first-order chi connectivity index (χ1) is 9.57. The maximum atomic E-state index is 12.8. The van der Waals surface area contributed by atoms with Gasteiger partial charge in [0, 0.05) is 37.1 Å². The average molecular weight is 315 g/mol. The Kier molecular flexibility index (Phi) is 5.63. The van der Waals surface area contributed by atoms with E-state index >= 15 is 0 Å². The number of rotatable bonds is 7. The summed E-state index contributed by atoms with van der Waals surface area (Å²) < 4.78 is 29.1. The Balaban J connectivity index is 3.29. The molecule has 6 heteroatoms. The van der Waals surface area contributed by atoms with Crippen LogP contribution in [-0.2, 0) is 16.6 Å². The topological polar surface area (TPSA) is 54.3 Å². The Morgan fingerprint density at radius 2 is 1.95 bits per heavy atom. The molecule has 1 rings (SSSR count). The van der Waals surface area contributed by atoms with E-state index in [4.69, 9.17) is 0 Å². The van der Waals surface area contributed by atoms with Crippen LogP contribution in [0.3, 0.4) is 0 Å². The van der Waals surface area contributed by atoms with Crippen molar-refractivity contribution in [3.8, 4) is 0 Å². The summed E-state index contributed by atoms with van der Waals surface area (Å²) in [6.07, 6.45) is 2.51. The Hall–Kier alpha value is -0.850. The first-order valence-corrected chi connectivity index (χ1v) is 8.86. The molecular weight excluding hydrogens is 286 g/mol. The monoisotopic (exact) mass is 315 g/mol. The van der Waals surface area contributed by atoms with Gasteiger partial charge in [0.25, 0.3) is 0 Å². The Labute approximate surface area is 129 Å². The first-order valence-electron chi connectivity index (χ1n) is 7.42. The minimum absolute atomic E-state index is 0.224. The lowest BCUT2D eigenvalue weighted by Crippen LogP contribution is -2.44. The molecule has 0 aliphatic heterocycles. The van der Waals surface area contributed by atoms with Crippen LogP contribution in [0.2, 0.25) is 0 Å². The molecule has 0 aromatic carbocycles. The highest BCUT2D eigenvalue weighted by Crippen LogP contribution is 2.27. The van der Waals surface area contributed by atoms with Crippen LogP contribution in [0.4, 0.5) is 0 Å². The van der Waals surface area contributed by atoms with Gasteiger partial charge in [-0.15, -0.1) is 0 Å². The van der Waals surface area contributed by atoms with Gasteiger partial charge in [0.15, 0.2) is 0 Å². The van der Waals surface area contributed by atoms with E-state index in [-0.39, 0.29) is 6.04 Å². The van der Waals surface area contributed by atoms with E-state index in [1.165, 1.54) is 4.31 Å². The molecule has 1 aromatic rings. The number of sulfonamides is 1. The molecule has 21 heavy (non-hydrogen) atoms. The Morgan fingerprint density at radius 1 is 1.38 bits per heavy atom. The lowest BCUT2D eigenvalue weighted by atomic mass is 10.0. The molecule has 1 aromatic heterocycles. The summed E-state index contributed by atoms with van der Waals surface area (Å²) >= 11 is 0. The molecule has 0 saturated heterocycles. The number of hydrogen-bond donors (Lipinski definition) is 1. The fourth-order valence-electron chi connectivity index (χ4n) is 2.15. The number of nitrogens with zero attached hydrogens (tertiary/aromatic N) is 2. The van der Waals surface area contributed by atoms with Crippen LogP contribution in [0.25, 0.3) is 0 Å². The van der Waals surface area contributed by atoms with Gasteiger partial charge in [-0.3, -0.25) is 0 Å². The van der Waals surface area contributed by atoms with Crippen molar-refractivity contribution in [3.05, 3.63) is 18.0 Å². The molecule has 122 valence electrons. The zero-order valence-electron chi connectivity index (χ0n) is 14.3. The predicted molar refractivity (Wildman–Crippen MR) is 86.9 cm³/mol. The van der Waals surface area contributed by atoms with Gasteiger partial charge in [-0.1, -0.05) is 6.92 Å². The second kappa shape index (κ2) is 6.50. The highest BCUT2D eigenvalue weighted by Gasteiger charge is 2.33. The van der Waals surface area contributed by atoms with E-state index in [0.717, 1.165) is 12.1 Å². The van der Waals surface area contributed by atoms with Crippen molar-refractivity contribution >= 4 is 10.0 Å².